The zero-order chi connectivity index (χ0) is 28.3. The van der Waals surface area contributed by atoms with Crippen LogP contribution < -0.4 is 11.3 Å². The highest BCUT2D eigenvalue weighted by Gasteiger charge is 2.47. The second-order valence-electron chi connectivity index (χ2n) is 10.8. The van der Waals surface area contributed by atoms with Crippen LogP contribution in [-0.4, -0.2) is 56.0 Å². The molecule has 1 aromatic carbocycles. The van der Waals surface area contributed by atoms with Crippen LogP contribution in [0.25, 0.3) is 22.3 Å². The van der Waals surface area contributed by atoms with Crippen molar-refractivity contribution in [3.63, 3.8) is 0 Å². The topological polar surface area (TPSA) is 160 Å². The molecule has 4 heterocycles. The van der Waals surface area contributed by atoms with Crippen LogP contribution in [-0.2, 0) is 33.1 Å². The van der Waals surface area contributed by atoms with E-state index in [0.717, 1.165) is 5.39 Å². The number of ether oxygens (including phenoxy) is 1. The highest BCUT2D eigenvalue weighted by atomic mass is 16.6. The van der Waals surface area contributed by atoms with Gasteiger partial charge >= 0.3 is 5.97 Å². The molecular formula is C28H31N5O6. The largest absolute Gasteiger partial charge is 0.458 e. The van der Waals surface area contributed by atoms with Gasteiger partial charge in [-0.15, -0.1) is 0 Å². The van der Waals surface area contributed by atoms with Gasteiger partial charge in [-0.3, -0.25) is 9.59 Å². The van der Waals surface area contributed by atoms with Gasteiger partial charge in [0.25, 0.3) is 5.56 Å². The number of nitrogens with zero attached hydrogens (tertiary/aromatic N) is 4. The minimum absolute atomic E-state index is 0.0147. The first kappa shape index (κ1) is 26.5. The van der Waals surface area contributed by atoms with Crippen LogP contribution in [0.2, 0.25) is 0 Å². The number of carbonyl (C=O) groups excluding carboxylic acids is 2. The summed E-state index contributed by atoms with van der Waals surface area (Å²) in [5.41, 5.74) is 6.37. The van der Waals surface area contributed by atoms with E-state index < -0.39 is 22.5 Å². The molecule has 0 unspecified atom stereocenters. The Kier molecular flexibility index (Phi) is 6.31. The summed E-state index contributed by atoms with van der Waals surface area (Å²) in [5, 5.41) is 27.2. The molecule has 1 amide bonds. The number of benzene rings is 1. The number of para-hydroxylation sites is 1. The van der Waals surface area contributed by atoms with Crippen molar-refractivity contribution < 1.29 is 24.5 Å². The summed E-state index contributed by atoms with van der Waals surface area (Å²) in [7, 11) is 0. The minimum atomic E-state index is -2.05. The molecular weight excluding hydrogens is 502 g/mol. The Morgan fingerprint density at radius 2 is 2.00 bits per heavy atom. The van der Waals surface area contributed by atoms with Crippen molar-refractivity contribution in [2.45, 2.75) is 52.9 Å². The summed E-state index contributed by atoms with van der Waals surface area (Å²) in [6.45, 7) is 6.51. The van der Waals surface area contributed by atoms with E-state index in [1.54, 1.807) is 33.9 Å². The van der Waals surface area contributed by atoms with E-state index in [0.29, 0.717) is 28.0 Å². The van der Waals surface area contributed by atoms with E-state index in [-0.39, 0.29) is 55.4 Å². The molecule has 1 atom stereocenters. The van der Waals surface area contributed by atoms with Gasteiger partial charge in [-0.2, -0.15) is 5.10 Å². The van der Waals surface area contributed by atoms with E-state index in [4.69, 9.17) is 15.5 Å². The zero-order valence-corrected chi connectivity index (χ0v) is 22.3. The number of aliphatic hydroxyl groups is 2. The van der Waals surface area contributed by atoms with E-state index in [1.807, 2.05) is 24.3 Å². The predicted octanol–water partition coefficient (Wildman–Crippen LogP) is 1.86. The molecule has 0 radical (unpaired) electrons. The first-order valence-electron chi connectivity index (χ1n) is 12.8. The second-order valence-corrected chi connectivity index (χ2v) is 10.8. The van der Waals surface area contributed by atoms with Gasteiger partial charge < -0.3 is 25.3 Å². The molecule has 0 bridgehead atoms. The van der Waals surface area contributed by atoms with Gasteiger partial charge in [0.15, 0.2) is 5.60 Å². The number of pyridine rings is 2. The van der Waals surface area contributed by atoms with Crippen molar-refractivity contribution in [2.75, 3.05) is 18.9 Å². The monoisotopic (exact) mass is 533 g/mol. The number of hydrogen-bond acceptors (Lipinski definition) is 9. The van der Waals surface area contributed by atoms with Gasteiger partial charge in [0.1, 0.15) is 6.61 Å². The molecule has 5 rings (SSSR count). The molecule has 11 heteroatoms. The van der Waals surface area contributed by atoms with E-state index >= 15 is 0 Å². The van der Waals surface area contributed by atoms with Crippen molar-refractivity contribution in [3.8, 4) is 11.4 Å². The number of hydrazone groups is 1. The average molecular weight is 534 g/mol. The molecule has 4 N–H and O–H groups in total. The number of aliphatic hydroxyl groups excluding tert-OH is 1. The highest BCUT2D eigenvalue weighted by Crippen LogP contribution is 2.44. The number of fused-ring (bicyclic) bond motifs is 5. The molecule has 2 aliphatic heterocycles. The summed E-state index contributed by atoms with van der Waals surface area (Å²) >= 11 is 0. The normalized spacial score (nSPS) is 18.2. The molecule has 3 aromatic rings. The first-order chi connectivity index (χ1) is 18.4. The van der Waals surface area contributed by atoms with Gasteiger partial charge in [-0.05, 0) is 12.5 Å². The van der Waals surface area contributed by atoms with Gasteiger partial charge in [0.2, 0.25) is 5.91 Å². The summed E-state index contributed by atoms with van der Waals surface area (Å²) in [4.78, 5) is 44.0. The Hall–Kier alpha value is -4.09. The van der Waals surface area contributed by atoms with Crippen molar-refractivity contribution in [1.29, 1.82) is 0 Å². The lowest BCUT2D eigenvalue weighted by Gasteiger charge is -2.33. The maximum atomic E-state index is 13.7. The van der Waals surface area contributed by atoms with Crippen LogP contribution in [0.1, 0.15) is 56.4 Å². The lowest BCUT2D eigenvalue weighted by atomic mass is 9.84. The average Bonchev–Trinajstić information content (AvgIpc) is 3.29. The number of hydrogen-bond donors (Lipinski definition) is 3. The molecule has 204 valence electrons. The summed E-state index contributed by atoms with van der Waals surface area (Å²) in [5.74, 6) is -1.11. The molecule has 2 aromatic heterocycles. The number of cyclic esters (lactones) is 1. The first-order valence-corrected chi connectivity index (χ1v) is 12.8. The predicted molar refractivity (Wildman–Crippen MR) is 145 cm³/mol. The summed E-state index contributed by atoms with van der Waals surface area (Å²) in [6.07, 6.45) is 1.52. The Bertz CT molecular complexity index is 1620. The number of anilines is 1. The van der Waals surface area contributed by atoms with Crippen LogP contribution >= 0.6 is 0 Å². The fourth-order valence-corrected chi connectivity index (χ4v) is 5.25. The second kappa shape index (κ2) is 9.28. The Morgan fingerprint density at radius 3 is 2.67 bits per heavy atom. The van der Waals surface area contributed by atoms with Gasteiger partial charge in [0, 0.05) is 27.5 Å². The molecule has 11 nitrogen and oxygen atoms in total. The van der Waals surface area contributed by atoms with Crippen LogP contribution in [0.15, 0.2) is 34.2 Å². The summed E-state index contributed by atoms with van der Waals surface area (Å²) in [6, 6.07) is 7.36. The molecule has 39 heavy (non-hydrogen) atoms. The Balaban J connectivity index is 1.75. The number of nitrogens with two attached hydrogens (primary N) is 1. The maximum Gasteiger partial charge on any atom is 0.343 e. The Labute approximate surface area is 224 Å². The van der Waals surface area contributed by atoms with Gasteiger partial charge in [-0.25, -0.2) is 14.8 Å². The maximum absolute atomic E-state index is 13.7. The fraction of sp³-hybridized carbons (Fsp3) is 0.393. The Morgan fingerprint density at radius 1 is 1.28 bits per heavy atom. The number of carbonyl (C=O) groups is 2. The van der Waals surface area contributed by atoms with Crippen LogP contribution in [0.5, 0.6) is 0 Å². The van der Waals surface area contributed by atoms with Gasteiger partial charge in [-0.1, -0.05) is 45.9 Å². The summed E-state index contributed by atoms with van der Waals surface area (Å²) < 4.78 is 6.63. The van der Waals surface area contributed by atoms with Crippen LogP contribution in [0, 0.1) is 5.41 Å². The van der Waals surface area contributed by atoms with Crippen molar-refractivity contribution >= 4 is 34.7 Å². The van der Waals surface area contributed by atoms with Crippen LogP contribution in [0.3, 0.4) is 0 Å². The molecule has 0 saturated heterocycles. The number of amides is 1. The quantitative estimate of drug-likeness (QED) is 0.199. The molecule has 0 aliphatic carbocycles. The molecule has 0 saturated carbocycles. The number of rotatable bonds is 5. The minimum Gasteiger partial charge on any atom is -0.458 e. The molecule has 0 spiro atoms. The van der Waals surface area contributed by atoms with E-state index in [1.165, 1.54) is 9.58 Å². The number of nitrogen functional groups attached to an aromatic ring is 1. The van der Waals surface area contributed by atoms with Crippen molar-refractivity contribution in [2.24, 2.45) is 10.5 Å². The lowest BCUT2D eigenvalue weighted by molar-refractivity contribution is -0.172. The smallest absolute Gasteiger partial charge is 0.343 e. The third-order valence-electron chi connectivity index (χ3n) is 7.30. The number of esters is 1. The van der Waals surface area contributed by atoms with E-state index in [2.05, 4.69) is 5.10 Å². The van der Waals surface area contributed by atoms with Gasteiger partial charge in [0.05, 0.1) is 54.1 Å². The number of aromatic nitrogens is 2. The third kappa shape index (κ3) is 4.00. The van der Waals surface area contributed by atoms with E-state index in [9.17, 15) is 24.6 Å². The highest BCUT2D eigenvalue weighted by molar-refractivity contribution is 6.03. The fourth-order valence-electron chi connectivity index (χ4n) is 5.25. The van der Waals surface area contributed by atoms with Crippen molar-refractivity contribution in [1.82, 2.24) is 14.6 Å². The van der Waals surface area contributed by atoms with Crippen LogP contribution in [0.4, 0.5) is 5.69 Å². The standard InChI is InChI=1S/C28H31N5O6/c1-5-28(38)20-18(14-39-26(28)37)24(35)32-13-17-16(12-30-33(10-11-34)25(36)27(2,3)4)15-8-6-7-9-19(15)31-22(17)23(32)21(20)29/h6-9,12,34,38H,5,10-11,13-14,29H2,1-4H3/b30-12+/t28-/m0/s1. The molecule has 0 fully saturated rings. The lowest BCUT2D eigenvalue weighted by Crippen LogP contribution is -2.45. The SMILES string of the molecule is CC[C@@]1(O)C(=O)OCc2c1c(N)c1n(c2=O)Cc2c-1nc1ccccc1c2/C=N/N(CCO)C(=O)C(C)(C)C. The third-order valence-corrected chi connectivity index (χ3v) is 7.30. The zero-order valence-electron chi connectivity index (χ0n) is 22.3. The molecule has 2 aliphatic rings. The van der Waals surface area contributed by atoms with Crippen molar-refractivity contribution in [3.05, 3.63) is 56.9 Å².